The quantitative estimate of drug-likeness (QED) is 0.661. The van der Waals surface area contributed by atoms with E-state index in [0.29, 0.717) is 11.5 Å². The second-order valence-electron chi connectivity index (χ2n) is 5.67. The maximum Gasteiger partial charge on any atom is 0.258 e. The largest absolute Gasteiger partial charge is 0.323 e. The molecule has 3 aromatic rings. The van der Waals surface area contributed by atoms with Crippen LogP contribution in [0.25, 0.3) is 0 Å². The molecule has 0 spiro atoms. The lowest BCUT2D eigenvalue weighted by molar-refractivity contribution is 0.102. The van der Waals surface area contributed by atoms with Gasteiger partial charge < -0.3 is 10.6 Å². The third-order valence-electron chi connectivity index (χ3n) is 3.68. The van der Waals surface area contributed by atoms with E-state index in [4.69, 9.17) is 0 Å². The fraction of sp³-hybridized carbons (Fsp3) is 0.105. The van der Waals surface area contributed by atoms with Crippen LogP contribution in [0.15, 0.2) is 59.3 Å². The molecule has 5 nitrogen and oxygen atoms in total. The van der Waals surface area contributed by atoms with Crippen LogP contribution in [-0.2, 0) is 0 Å². The number of nitrogens with zero attached hydrogens (tertiary/aromatic N) is 2. The summed E-state index contributed by atoms with van der Waals surface area (Å²) in [4.78, 5) is 20.8. The predicted octanol–water partition coefficient (Wildman–Crippen LogP) is 4.85. The highest BCUT2D eigenvalue weighted by atomic mass is 79.9. The van der Waals surface area contributed by atoms with Gasteiger partial charge in [0, 0.05) is 22.6 Å². The van der Waals surface area contributed by atoms with Crippen LogP contribution in [0, 0.1) is 13.8 Å². The van der Waals surface area contributed by atoms with E-state index in [0.717, 1.165) is 27.0 Å². The standard InChI is InChI=1S/C19H17BrN4O/c1-12-7-8-13(2)17(9-12)23-18(25)14-10-21-19(22-11-14)24-16-6-4-3-5-15(16)20/h3-11H,1-2H3,(H,23,25)(H,21,22,24). The van der Waals surface area contributed by atoms with Crippen LogP contribution >= 0.6 is 15.9 Å². The van der Waals surface area contributed by atoms with Gasteiger partial charge in [0.25, 0.3) is 5.91 Å². The average Bonchev–Trinajstić information content (AvgIpc) is 2.61. The zero-order valence-corrected chi connectivity index (χ0v) is 15.5. The number of benzene rings is 2. The molecule has 0 saturated carbocycles. The predicted molar refractivity (Wildman–Crippen MR) is 103 cm³/mol. The summed E-state index contributed by atoms with van der Waals surface area (Å²) < 4.78 is 0.912. The van der Waals surface area contributed by atoms with Gasteiger partial charge in [-0.05, 0) is 59.1 Å². The van der Waals surface area contributed by atoms with Crippen molar-refractivity contribution in [3.63, 3.8) is 0 Å². The monoisotopic (exact) mass is 396 g/mol. The van der Waals surface area contributed by atoms with Crippen LogP contribution in [0.4, 0.5) is 17.3 Å². The van der Waals surface area contributed by atoms with Crippen molar-refractivity contribution in [2.75, 3.05) is 10.6 Å². The van der Waals surface area contributed by atoms with Crippen molar-refractivity contribution >= 4 is 39.2 Å². The maximum absolute atomic E-state index is 12.4. The van der Waals surface area contributed by atoms with Gasteiger partial charge in [0.05, 0.1) is 11.3 Å². The van der Waals surface area contributed by atoms with Crippen LogP contribution in [0.5, 0.6) is 0 Å². The van der Waals surface area contributed by atoms with E-state index in [1.165, 1.54) is 12.4 Å². The van der Waals surface area contributed by atoms with Gasteiger partial charge in [0.2, 0.25) is 5.95 Å². The fourth-order valence-corrected chi connectivity index (χ4v) is 2.64. The second kappa shape index (κ2) is 7.44. The summed E-state index contributed by atoms with van der Waals surface area (Å²) >= 11 is 3.46. The Labute approximate surface area is 154 Å². The Balaban J connectivity index is 1.72. The van der Waals surface area contributed by atoms with Gasteiger partial charge in [-0.2, -0.15) is 0 Å². The van der Waals surface area contributed by atoms with Gasteiger partial charge in [-0.1, -0.05) is 24.3 Å². The van der Waals surface area contributed by atoms with Crippen LogP contribution < -0.4 is 10.6 Å². The van der Waals surface area contributed by atoms with Crippen LogP contribution in [0.2, 0.25) is 0 Å². The van der Waals surface area contributed by atoms with E-state index >= 15 is 0 Å². The van der Waals surface area contributed by atoms with Gasteiger partial charge >= 0.3 is 0 Å². The minimum atomic E-state index is -0.235. The number of rotatable bonds is 4. The van der Waals surface area contributed by atoms with Crippen molar-refractivity contribution in [2.45, 2.75) is 13.8 Å². The number of amides is 1. The number of hydrogen-bond donors (Lipinski definition) is 2. The lowest BCUT2D eigenvalue weighted by Gasteiger charge is -2.10. The molecule has 1 heterocycles. The summed E-state index contributed by atoms with van der Waals surface area (Å²) in [6.45, 7) is 3.94. The first-order chi connectivity index (χ1) is 12.0. The number of hydrogen-bond acceptors (Lipinski definition) is 4. The van der Waals surface area contributed by atoms with E-state index in [1.54, 1.807) is 0 Å². The van der Waals surface area contributed by atoms with E-state index < -0.39 is 0 Å². The molecular formula is C19H17BrN4O. The molecule has 6 heteroatoms. The molecule has 0 aliphatic carbocycles. The first kappa shape index (κ1) is 17.1. The Kier molecular flexibility index (Phi) is 5.09. The molecule has 3 rings (SSSR count). The molecule has 0 unspecified atom stereocenters. The fourth-order valence-electron chi connectivity index (χ4n) is 2.26. The summed E-state index contributed by atoms with van der Waals surface area (Å²) in [5, 5.41) is 6.00. The minimum absolute atomic E-state index is 0.235. The van der Waals surface area contributed by atoms with E-state index in [-0.39, 0.29) is 5.91 Å². The SMILES string of the molecule is Cc1ccc(C)c(NC(=O)c2cnc(Nc3ccccc3Br)nc2)c1. The molecule has 1 aromatic heterocycles. The highest BCUT2D eigenvalue weighted by Crippen LogP contribution is 2.23. The average molecular weight is 397 g/mol. The van der Waals surface area contributed by atoms with Gasteiger partial charge in [0.1, 0.15) is 0 Å². The number of aromatic nitrogens is 2. The third kappa shape index (κ3) is 4.22. The number of halogens is 1. The molecule has 0 atom stereocenters. The molecular weight excluding hydrogens is 380 g/mol. The van der Waals surface area contributed by atoms with Gasteiger partial charge in [0.15, 0.2) is 0 Å². The normalized spacial score (nSPS) is 10.4. The molecule has 0 aliphatic rings. The van der Waals surface area contributed by atoms with E-state index in [1.807, 2.05) is 56.3 Å². The zero-order valence-electron chi connectivity index (χ0n) is 13.9. The number of aryl methyl sites for hydroxylation is 2. The molecule has 0 aliphatic heterocycles. The van der Waals surface area contributed by atoms with Crippen LogP contribution in [0.3, 0.4) is 0 Å². The summed E-state index contributed by atoms with van der Waals surface area (Å²) in [5.74, 6) is 0.191. The van der Waals surface area contributed by atoms with Gasteiger partial charge in [-0.3, -0.25) is 4.79 Å². The third-order valence-corrected chi connectivity index (χ3v) is 4.37. The highest BCUT2D eigenvalue weighted by Gasteiger charge is 2.10. The molecule has 0 saturated heterocycles. The Morgan fingerprint density at radius 2 is 1.72 bits per heavy atom. The van der Waals surface area contributed by atoms with Crippen molar-refractivity contribution in [1.82, 2.24) is 9.97 Å². The van der Waals surface area contributed by atoms with Gasteiger partial charge in [-0.25, -0.2) is 9.97 Å². The zero-order chi connectivity index (χ0) is 17.8. The smallest absolute Gasteiger partial charge is 0.258 e. The topological polar surface area (TPSA) is 66.9 Å². The number of carbonyl (C=O) groups excluding carboxylic acids is 1. The number of para-hydroxylation sites is 1. The number of nitrogens with one attached hydrogen (secondary N) is 2. The second-order valence-corrected chi connectivity index (χ2v) is 6.53. The summed E-state index contributed by atoms with van der Waals surface area (Å²) in [6.07, 6.45) is 3.01. The molecule has 0 bridgehead atoms. The Hall–Kier alpha value is -2.73. The van der Waals surface area contributed by atoms with E-state index in [2.05, 4.69) is 36.5 Å². The van der Waals surface area contributed by atoms with Crippen molar-refractivity contribution in [3.8, 4) is 0 Å². The van der Waals surface area contributed by atoms with Crippen LogP contribution in [-0.4, -0.2) is 15.9 Å². The summed E-state index contributed by atoms with van der Waals surface area (Å²) in [7, 11) is 0. The lowest BCUT2D eigenvalue weighted by atomic mass is 10.1. The summed E-state index contributed by atoms with van der Waals surface area (Å²) in [5.41, 5.74) is 4.14. The molecule has 2 N–H and O–H groups in total. The lowest BCUT2D eigenvalue weighted by Crippen LogP contribution is -2.14. The van der Waals surface area contributed by atoms with Gasteiger partial charge in [-0.15, -0.1) is 0 Å². The minimum Gasteiger partial charge on any atom is -0.323 e. The van der Waals surface area contributed by atoms with Crippen molar-refractivity contribution in [2.24, 2.45) is 0 Å². The summed E-state index contributed by atoms with van der Waals surface area (Å²) in [6, 6.07) is 13.6. The molecule has 2 aromatic carbocycles. The highest BCUT2D eigenvalue weighted by molar-refractivity contribution is 9.10. The van der Waals surface area contributed by atoms with Crippen LogP contribution in [0.1, 0.15) is 21.5 Å². The first-order valence-electron chi connectivity index (χ1n) is 7.75. The van der Waals surface area contributed by atoms with Crippen molar-refractivity contribution in [3.05, 3.63) is 76.0 Å². The number of carbonyl (C=O) groups is 1. The molecule has 0 fully saturated rings. The van der Waals surface area contributed by atoms with E-state index in [9.17, 15) is 4.79 Å². The number of anilines is 3. The van der Waals surface area contributed by atoms with Crippen molar-refractivity contribution in [1.29, 1.82) is 0 Å². The molecule has 0 radical (unpaired) electrons. The Bertz CT molecular complexity index is 910. The molecule has 1 amide bonds. The van der Waals surface area contributed by atoms with Crippen molar-refractivity contribution < 1.29 is 4.79 Å². The Morgan fingerprint density at radius 3 is 2.44 bits per heavy atom. The molecule has 126 valence electrons. The molecule has 25 heavy (non-hydrogen) atoms. The Morgan fingerprint density at radius 1 is 1.00 bits per heavy atom. The maximum atomic E-state index is 12.4. The first-order valence-corrected chi connectivity index (χ1v) is 8.54.